The van der Waals surface area contributed by atoms with Gasteiger partial charge in [0, 0.05) is 19.6 Å². The molecule has 1 aromatic carbocycles. The van der Waals surface area contributed by atoms with Crippen LogP contribution in [0.3, 0.4) is 0 Å². The summed E-state index contributed by atoms with van der Waals surface area (Å²) >= 11 is 0. The molecular weight excluding hydrogens is 294 g/mol. The lowest BCUT2D eigenvalue weighted by molar-refractivity contribution is 0.532. The maximum atomic E-state index is 4.96. The Labute approximate surface area is 147 Å². The van der Waals surface area contributed by atoms with E-state index in [1.165, 1.54) is 88.8 Å². The van der Waals surface area contributed by atoms with Gasteiger partial charge in [0.25, 0.3) is 0 Å². The van der Waals surface area contributed by atoms with Gasteiger partial charge in [-0.25, -0.2) is 4.98 Å². The highest BCUT2D eigenvalue weighted by Gasteiger charge is 2.18. The fourth-order valence-electron chi connectivity index (χ4n) is 3.85. The largest absolute Gasteiger partial charge is 0.342 e. The fourth-order valence-corrected chi connectivity index (χ4v) is 3.85. The molecule has 3 nitrogen and oxygen atoms in total. The fraction of sp³-hybridized carbons (Fsp3) is 0.667. The summed E-state index contributed by atoms with van der Waals surface area (Å²) in [5.74, 6) is 1.21. The number of para-hydroxylation sites is 2. The van der Waals surface area contributed by atoms with Gasteiger partial charge in [0.05, 0.1) is 11.0 Å². The maximum Gasteiger partial charge on any atom is 0.206 e. The van der Waals surface area contributed by atoms with Crippen molar-refractivity contribution in [2.75, 3.05) is 18.0 Å². The molecule has 1 aromatic heterocycles. The van der Waals surface area contributed by atoms with Crippen molar-refractivity contribution in [2.24, 2.45) is 0 Å². The minimum Gasteiger partial charge on any atom is -0.342 e. The van der Waals surface area contributed by atoms with Crippen molar-refractivity contribution in [2.45, 2.75) is 77.7 Å². The van der Waals surface area contributed by atoms with Crippen LogP contribution in [0, 0.1) is 0 Å². The molecule has 0 bridgehead atoms. The number of aryl methyl sites for hydroxylation is 1. The van der Waals surface area contributed by atoms with Crippen molar-refractivity contribution in [3.05, 3.63) is 24.3 Å². The monoisotopic (exact) mass is 327 g/mol. The molecule has 0 unspecified atom stereocenters. The van der Waals surface area contributed by atoms with E-state index < -0.39 is 0 Å². The Balaban J connectivity index is 1.64. The summed E-state index contributed by atoms with van der Waals surface area (Å²) in [6, 6.07) is 8.64. The Morgan fingerprint density at radius 2 is 1.58 bits per heavy atom. The third-order valence-corrected chi connectivity index (χ3v) is 5.26. The van der Waals surface area contributed by atoms with E-state index in [1.54, 1.807) is 0 Å². The van der Waals surface area contributed by atoms with Gasteiger partial charge in [-0.1, -0.05) is 57.6 Å². The van der Waals surface area contributed by atoms with Crippen molar-refractivity contribution in [3.63, 3.8) is 0 Å². The molecule has 1 aliphatic rings. The van der Waals surface area contributed by atoms with Crippen LogP contribution < -0.4 is 4.90 Å². The zero-order valence-electron chi connectivity index (χ0n) is 15.3. The second-order valence-electron chi connectivity index (χ2n) is 7.22. The first-order chi connectivity index (χ1) is 11.9. The Morgan fingerprint density at radius 1 is 0.875 bits per heavy atom. The first-order valence-electron chi connectivity index (χ1n) is 10.1. The van der Waals surface area contributed by atoms with Gasteiger partial charge in [-0.3, -0.25) is 0 Å². The quantitative estimate of drug-likeness (QED) is 0.545. The lowest BCUT2D eigenvalue weighted by Crippen LogP contribution is -2.31. The number of imidazole rings is 1. The standard InChI is InChI=1S/C21H33N3/c1-2-3-4-5-6-7-13-18-24-20-15-10-9-14-19(20)22-21(24)23-16-11-8-12-17-23/h9-10,14-15H,2-8,11-13,16-18H2,1H3. The van der Waals surface area contributed by atoms with Crippen molar-refractivity contribution in [1.29, 1.82) is 0 Å². The summed E-state index contributed by atoms with van der Waals surface area (Å²) in [6.07, 6.45) is 13.5. The summed E-state index contributed by atoms with van der Waals surface area (Å²) in [6.45, 7) is 5.73. The lowest BCUT2D eigenvalue weighted by Gasteiger charge is -2.28. The normalized spacial score (nSPS) is 15.3. The Morgan fingerprint density at radius 3 is 2.38 bits per heavy atom. The molecule has 0 N–H and O–H groups in total. The topological polar surface area (TPSA) is 21.1 Å². The van der Waals surface area contributed by atoms with Crippen molar-refractivity contribution in [3.8, 4) is 0 Å². The number of aromatic nitrogens is 2. The first kappa shape index (κ1) is 17.3. The smallest absolute Gasteiger partial charge is 0.206 e. The third kappa shape index (κ3) is 4.31. The lowest BCUT2D eigenvalue weighted by atomic mass is 10.1. The van der Waals surface area contributed by atoms with Crippen molar-refractivity contribution < 1.29 is 0 Å². The molecule has 24 heavy (non-hydrogen) atoms. The van der Waals surface area contributed by atoms with E-state index in [-0.39, 0.29) is 0 Å². The van der Waals surface area contributed by atoms with Gasteiger partial charge >= 0.3 is 0 Å². The van der Waals surface area contributed by atoms with Crippen LogP contribution in [0.2, 0.25) is 0 Å². The van der Waals surface area contributed by atoms with Crippen molar-refractivity contribution in [1.82, 2.24) is 9.55 Å². The molecular formula is C21H33N3. The minimum absolute atomic E-state index is 1.11. The minimum atomic E-state index is 1.11. The number of hydrogen-bond donors (Lipinski definition) is 0. The van der Waals surface area contributed by atoms with Gasteiger partial charge in [-0.05, 0) is 37.8 Å². The van der Waals surface area contributed by atoms with Crippen LogP contribution in [0.1, 0.15) is 71.1 Å². The number of unbranched alkanes of at least 4 members (excludes halogenated alkanes) is 6. The molecule has 2 aromatic rings. The number of anilines is 1. The van der Waals surface area contributed by atoms with Gasteiger partial charge < -0.3 is 9.47 Å². The van der Waals surface area contributed by atoms with Gasteiger partial charge in [0.15, 0.2) is 0 Å². The molecule has 1 saturated heterocycles. The average Bonchev–Trinajstić information content (AvgIpc) is 3.00. The Hall–Kier alpha value is -1.51. The number of benzene rings is 1. The molecule has 0 atom stereocenters. The van der Waals surface area contributed by atoms with E-state index in [2.05, 4.69) is 40.7 Å². The number of hydrogen-bond acceptors (Lipinski definition) is 2. The SMILES string of the molecule is CCCCCCCCCn1c(N2CCCCC2)nc2ccccc21. The van der Waals surface area contributed by atoms with Crippen LogP contribution in [0.4, 0.5) is 5.95 Å². The highest BCUT2D eigenvalue weighted by Crippen LogP contribution is 2.26. The zero-order valence-corrected chi connectivity index (χ0v) is 15.3. The molecule has 1 aliphatic heterocycles. The van der Waals surface area contributed by atoms with E-state index in [1.807, 2.05) is 0 Å². The summed E-state index contributed by atoms with van der Waals surface area (Å²) in [4.78, 5) is 7.47. The Bertz CT molecular complexity index is 611. The number of rotatable bonds is 9. The van der Waals surface area contributed by atoms with E-state index >= 15 is 0 Å². The molecule has 0 amide bonds. The molecule has 0 spiro atoms. The molecule has 0 aliphatic carbocycles. The summed E-state index contributed by atoms with van der Waals surface area (Å²) < 4.78 is 2.48. The van der Waals surface area contributed by atoms with Crippen LogP contribution in [0.5, 0.6) is 0 Å². The molecule has 3 heteroatoms. The van der Waals surface area contributed by atoms with Gasteiger partial charge in [0.1, 0.15) is 0 Å². The van der Waals surface area contributed by atoms with Crippen LogP contribution in [-0.4, -0.2) is 22.6 Å². The summed E-state index contributed by atoms with van der Waals surface area (Å²) in [5.41, 5.74) is 2.46. The Kier molecular flexibility index (Phi) is 6.57. The van der Waals surface area contributed by atoms with Gasteiger partial charge in [-0.2, -0.15) is 0 Å². The molecule has 1 fully saturated rings. The predicted octanol–water partition coefficient (Wildman–Crippen LogP) is 5.78. The first-order valence-corrected chi connectivity index (χ1v) is 10.1. The number of nitrogens with zero attached hydrogens (tertiary/aromatic N) is 3. The highest BCUT2D eigenvalue weighted by molar-refractivity contribution is 5.78. The van der Waals surface area contributed by atoms with E-state index in [0.717, 1.165) is 12.1 Å². The summed E-state index contributed by atoms with van der Waals surface area (Å²) in [5, 5.41) is 0. The van der Waals surface area contributed by atoms with Crippen LogP contribution in [-0.2, 0) is 6.54 Å². The second-order valence-corrected chi connectivity index (χ2v) is 7.22. The number of piperidine rings is 1. The molecule has 132 valence electrons. The van der Waals surface area contributed by atoms with E-state index in [0.29, 0.717) is 0 Å². The number of fused-ring (bicyclic) bond motifs is 1. The zero-order chi connectivity index (χ0) is 16.6. The highest BCUT2D eigenvalue weighted by atomic mass is 15.3. The third-order valence-electron chi connectivity index (χ3n) is 5.26. The van der Waals surface area contributed by atoms with E-state index in [9.17, 15) is 0 Å². The van der Waals surface area contributed by atoms with Crippen molar-refractivity contribution >= 4 is 17.0 Å². The predicted molar refractivity (Wildman–Crippen MR) is 104 cm³/mol. The van der Waals surface area contributed by atoms with E-state index in [4.69, 9.17) is 4.98 Å². The van der Waals surface area contributed by atoms with Gasteiger partial charge in [0.2, 0.25) is 5.95 Å². The molecule has 0 saturated carbocycles. The average molecular weight is 328 g/mol. The molecule has 2 heterocycles. The van der Waals surface area contributed by atoms with Crippen LogP contribution >= 0.6 is 0 Å². The van der Waals surface area contributed by atoms with Crippen LogP contribution in [0.15, 0.2) is 24.3 Å². The van der Waals surface area contributed by atoms with Crippen LogP contribution in [0.25, 0.3) is 11.0 Å². The second kappa shape index (κ2) is 9.10. The molecule has 3 rings (SSSR count). The van der Waals surface area contributed by atoms with Gasteiger partial charge in [-0.15, -0.1) is 0 Å². The summed E-state index contributed by atoms with van der Waals surface area (Å²) in [7, 11) is 0. The maximum absolute atomic E-state index is 4.96. The molecule has 0 radical (unpaired) electrons.